The maximum atomic E-state index is 12.4. The Morgan fingerprint density at radius 3 is 2.70 bits per heavy atom. The van der Waals surface area contributed by atoms with Gasteiger partial charge in [0.2, 0.25) is 0 Å². The molecule has 1 aromatic carbocycles. The van der Waals surface area contributed by atoms with Gasteiger partial charge in [0, 0.05) is 25.7 Å². The van der Waals surface area contributed by atoms with Crippen LogP contribution in [0.5, 0.6) is 5.75 Å². The Hall–Kier alpha value is -1.12. The molecule has 1 aliphatic carbocycles. The molecule has 0 atom stereocenters. The van der Waals surface area contributed by atoms with Gasteiger partial charge in [-0.15, -0.1) is 24.0 Å². The Morgan fingerprint density at radius 2 is 2.09 bits per heavy atom. The van der Waals surface area contributed by atoms with Crippen LogP contribution in [-0.2, 0) is 6.54 Å². The van der Waals surface area contributed by atoms with Crippen LogP contribution in [0.2, 0.25) is 0 Å². The second-order valence-electron chi connectivity index (χ2n) is 5.57. The van der Waals surface area contributed by atoms with E-state index in [9.17, 15) is 8.78 Å². The van der Waals surface area contributed by atoms with Crippen LogP contribution in [0.3, 0.4) is 0 Å². The molecule has 0 saturated heterocycles. The third-order valence-electron chi connectivity index (χ3n) is 3.64. The topological polar surface area (TPSA) is 45.7 Å². The average Bonchev–Trinajstić information content (AvgIpc) is 3.29. The summed E-state index contributed by atoms with van der Waals surface area (Å²) in [5.74, 6) is 1.72. The van der Waals surface area contributed by atoms with Gasteiger partial charge in [-0.25, -0.2) is 0 Å². The molecule has 0 heterocycles. The first-order valence-corrected chi connectivity index (χ1v) is 7.57. The van der Waals surface area contributed by atoms with Gasteiger partial charge in [-0.05, 0) is 25.3 Å². The van der Waals surface area contributed by atoms with Crippen molar-refractivity contribution in [2.24, 2.45) is 10.9 Å². The fourth-order valence-corrected chi connectivity index (χ4v) is 2.26. The van der Waals surface area contributed by atoms with Crippen LogP contribution in [0.1, 0.15) is 30.4 Å². The predicted octanol–water partition coefficient (Wildman–Crippen LogP) is 3.68. The summed E-state index contributed by atoms with van der Waals surface area (Å²) in [6.45, 7) is 0.349. The number of aryl methyl sites for hydroxylation is 1. The van der Waals surface area contributed by atoms with Gasteiger partial charge in [0.15, 0.2) is 5.96 Å². The lowest BCUT2D eigenvalue weighted by atomic mass is 10.1. The van der Waals surface area contributed by atoms with Crippen LogP contribution in [0.15, 0.2) is 23.2 Å². The maximum Gasteiger partial charge on any atom is 0.387 e. The van der Waals surface area contributed by atoms with Crippen LogP contribution in [-0.4, -0.2) is 26.2 Å². The maximum absolute atomic E-state index is 12.4. The Labute approximate surface area is 153 Å². The number of aliphatic imine (C=N–C) groups is 1. The molecular formula is C16H24F2IN3O. The Bertz CT molecular complexity index is 522. The molecule has 2 rings (SSSR count). The second-order valence-corrected chi connectivity index (χ2v) is 5.57. The summed E-state index contributed by atoms with van der Waals surface area (Å²) in [5, 5.41) is 6.37. The molecule has 1 fully saturated rings. The van der Waals surface area contributed by atoms with Crippen molar-refractivity contribution in [3.8, 4) is 5.75 Å². The molecule has 0 radical (unpaired) electrons. The van der Waals surface area contributed by atoms with Crippen molar-refractivity contribution in [2.75, 3.05) is 13.6 Å². The van der Waals surface area contributed by atoms with Gasteiger partial charge in [-0.3, -0.25) is 4.99 Å². The van der Waals surface area contributed by atoms with Crippen LogP contribution >= 0.6 is 24.0 Å². The number of nitrogens with zero attached hydrogens (tertiary/aromatic N) is 1. The largest absolute Gasteiger partial charge is 0.434 e. The molecule has 0 spiro atoms. The molecule has 4 nitrogen and oxygen atoms in total. The predicted molar refractivity (Wildman–Crippen MR) is 98.8 cm³/mol. The Balaban J connectivity index is 0.00000264. The molecule has 0 unspecified atom stereocenters. The van der Waals surface area contributed by atoms with Crippen molar-refractivity contribution in [2.45, 2.75) is 39.3 Å². The number of hydrogen-bond acceptors (Lipinski definition) is 2. The molecular weight excluding hydrogens is 415 g/mol. The fraction of sp³-hybridized carbons (Fsp3) is 0.562. The highest BCUT2D eigenvalue weighted by molar-refractivity contribution is 14.0. The number of halogens is 3. The molecule has 0 bridgehead atoms. The highest BCUT2D eigenvalue weighted by Gasteiger charge is 2.20. The van der Waals surface area contributed by atoms with E-state index < -0.39 is 6.61 Å². The third kappa shape index (κ3) is 7.32. The summed E-state index contributed by atoms with van der Waals surface area (Å²) < 4.78 is 29.4. The van der Waals surface area contributed by atoms with E-state index in [0.29, 0.717) is 18.1 Å². The first kappa shape index (κ1) is 19.9. The van der Waals surface area contributed by atoms with E-state index in [-0.39, 0.29) is 29.7 Å². The van der Waals surface area contributed by atoms with E-state index in [4.69, 9.17) is 0 Å². The van der Waals surface area contributed by atoms with Gasteiger partial charge in [0.1, 0.15) is 5.75 Å². The molecule has 23 heavy (non-hydrogen) atoms. The zero-order valence-electron chi connectivity index (χ0n) is 13.4. The molecule has 7 heteroatoms. The van der Waals surface area contributed by atoms with Gasteiger partial charge in [0.05, 0.1) is 0 Å². The van der Waals surface area contributed by atoms with E-state index in [1.54, 1.807) is 19.2 Å². The summed E-state index contributed by atoms with van der Waals surface area (Å²) >= 11 is 0. The first-order valence-electron chi connectivity index (χ1n) is 7.57. The average molecular weight is 439 g/mol. The minimum absolute atomic E-state index is 0. The monoisotopic (exact) mass is 439 g/mol. The highest BCUT2D eigenvalue weighted by atomic mass is 127. The van der Waals surface area contributed by atoms with Gasteiger partial charge < -0.3 is 15.4 Å². The molecule has 2 N–H and O–H groups in total. The van der Waals surface area contributed by atoms with Gasteiger partial charge in [-0.1, -0.05) is 30.5 Å². The van der Waals surface area contributed by atoms with Gasteiger partial charge in [-0.2, -0.15) is 8.78 Å². The van der Waals surface area contributed by atoms with Gasteiger partial charge in [0.25, 0.3) is 0 Å². The van der Waals surface area contributed by atoms with Gasteiger partial charge >= 0.3 is 6.61 Å². The van der Waals surface area contributed by atoms with Crippen molar-refractivity contribution in [3.05, 3.63) is 29.3 Å². The Kier molecular flexibility index (Phi) is 8.57. The summed E-state index contributed by atoms with van der Waals surface area (Å²) in [7, 11) is 1.69. The van der Waals surface area contributed by atoms with Crippen LogP contribution in [0.25, 0.3) is 0 Å². The minimum atomic E-state index is -2.82. The summed E-state index contributed by atoms with van der Waals surface area (Å²) in [6, 6.07) is 5.16. The Morgan fingerprint density at radius 1 is 1.35 bits per heavy atom. The zero-order valence-corrected chi connectivity index (χ0v) is 15.8. The van der Waals surface area contributed by atoms with E-state index in [1.165, 1.54) is 12.8 Å². The van der Waals surface area contributed by atoms with Crippen molar-refractivity contribution in [3.63, 3.8) is 0 Å². The van der Waals surface area contributed by atoms with E-state index in [0.717, 1.165) is 24.4 Å². The lowest BCUT2D eigenvalue weighted by Crippen LogP contribution is -2.37. The molecule has 1 aliphatic rings. The SMILES string of the molecule is CN=C(NCCC1CC1)NCc1cc(C)ccc1OC(F)F.I. The lowest BCUT2D eigenvalue weighted by molar-refractivity contribution is -0.0504. The normalized spacial score (nSPS) is 14.4. The number of ether oxygens (including phenoxy) is 1. The number of rotatable bonds is 7. The van der Waals surface area contributed by atoms with Crippen molar-refractivity contribution < 1.29 is 13.5 Å². The van der Waals surface area contributed by atoms with Crippen LogP contribution in [0, 0.1) is 12.8 Å². The summed E-state index contributed by atoms with van der Waals surface area (Å²) in [6.07, 6.45) is 3.79. The number of guanidine groups is 1. The smallest absolute Gasteiger partial charge is 0.387 e. The van der Waals surface area contributed by atoms with E-state index >= 15 is 0 Å². The first-order chi connectivity index (χ1) is 10.6. The number of hydrogen-bond donors (Lipinski definition) is 2. The van der Waals surface area contributed by atoms with Crippen molar-refractivity contribution in [1.29, 1.82) is 0 Å². The second kappa shape index (κ2) is 9.89. The van der Waals surface area contributed by atoms with Crippen molar-refractivity contribution >= 4 is 29.9 Å². The van der Waals surface area contributed by atoms with Crippen LogP contribution < -0.4 is 15.4 Å². The number of benzene rings is 1. The standard InChI is InChI=1S/C16H23F2N3O.HI/c1-11-3-6-14(22-15(17)18)13(9-11)10-21-16(19-2)20-8-7-12-4-5-12;/h3,6,9,12,15H,4-5,7-8,10H2,1-2H3,(H2,19,20,21);1H. The van der Waals surface area contributed by atoms with Crippen LogP contribution in [0.4, 0.5) is 8.78 Å². The highest BCUT2D eigenvalue weighted by Crippen LogP contribution is 2.31. The quantitative estimate of drug-likeness (QED) is 0.387. The molecule has 0 aromatic heterocycles. The third-order valence-corrected chi connectivity index (χ3v) is 3.64. The number of alkyl halides is 2. The molecule has 1 aromatic rings. The fourth-order valence-electron chi connectivity index (χ4n) is 2.26. The van der Waals surface area contributed by atoms with Crippen molar-refractivity contribution in [1.82, 2.24) is 10.6 Å². The molecule has 0 amide bonds. The lowest BCUT2D eigenvalue weighted by Gasteiger charge is -2.15. The van der Waals surface area contributed by atoms with E-state index in [2.05, 4.69) is 20.4 Å². The zero-order chi connectivity index (χ0) is 15.9. The molecule has 130 valence electrons. The summed E-state index contributed by atoms with van der Waals surface area (Å²) in [5.41, 5.74) is 1.68. The van der Waals surface area contributed by atoms with E-state index in [1.807, 2.05) is 13.0 Å². The molecule has 1 saturated carbocycles. The summed E-state index contributed by atoms with van der Waals surface area (Å²) in [4.78, 5) is 4.14. The minimum Gasteiger partial charge on any atom is -0.434 e. The molecule has 0 aliphatic heterocycles. The number of nitrogens with one attached hydrogen (secondary N) is 2.